The molecule has 0 bridgehead atoms. The van der Waals surface area contributed by atoms with Gasteiger partial charge in [0.1, 0.15) is 4.90 Å². The van der Waals surface area contributed by atoms with E-state index in [1.54, 1.807) is 7.05 Å². The van der Waals surface area contributed by atoms with Crippen molar-refractivity contribution in [1.29, 1.82) is 0 Å². The summed E-state index contributed by atoms with van der Waals surface area (Å²) in [5.41, 5.74) is 0. The molecule has 1 aliphatic heterocycles. The fourth-order valence-corrected chi connectivity index (χ4v) is 3.48. The zero-order chi connectivity index (χ0) is 13.3. The van der Waals surface area contributed by atoms with Crippen LogP contribution in [0.1, 0.15) is 12.8 Å². The van der Waals surface area contributed by atoms with Crippen LogP contribution >= 0.6 is 0 Å². The zero-order valence-corrected chi connectivity index (χ0v) is 10.8. The predicted molar refractivity (Wildman–Crippen MR) is 62.3 cm³/mol. The summed E-state index contributed by atoms with van der Waals surface area (Å²) in [5, 5.41) is 12.7. The summed E-state index contributed by atoms with van der Waals surface area (Å²) >= 11 is 0. The maximum Gasteiger partial charge on any atom is 0.306 e. The third kappa shape index (κ3) is 2.39. The molecule has 2 heterocycles. The lowest BCUT2D eigenvalue weighted by Crippen LogP contribution is -2.40. The summed E-state index contributed by atoms with van der Waals surface area (Å²) in [5.74, 6) is -1.29. The van der Waals surface area contributed by atoms with Crippen molar-refractivity contribution in [2.45, 2.75) is 17.7 Å². The summed E-state index contributed by atoms with van der Waals surface area (Å²) in [4.78, 5) is 11.0. The second-order valence-corrected chi connectivity index (χ2v) is 6.30. The summed E-state index contributed by atoms with van der Waals surface area (Å²) in [7, 11) is -1.88. The average molecular weight is 273 g/mol. The van der Waals surface area contributed by atoms with Crippen molar-refractivity contribution in [1.82, 2.24) is 14.1 Å². The van der Waals surface area contributed by atoms with Crippen LogP contribution in [0, 0.1) is 5.92 Å². The van der Waals surface area contributed by atoms with Gasteiger partial charge in [-0.05, 0) is 12.8 Å². The van der Waals surface area contributed by atoms with Gasteiger partial charge in [-0.3, -0.25) is 9.48 Å². The van der Waals surface area contributed by atoms with E-state index in [0.717, 1.165) is 0 Å². The first-order chi connectivity index (χ1) is 8.41. The van der Waals surface area contributed by atoms with E-state index < -0.39 is 21.9 Å². The Morgan fingerprint density at radius 1 is 1.44 bits per heavy atom. The van der Waals surface area contributed by atoms with Gasteiger partial charge in [0.05, 0.1) is 12.1 Å². The van der Waals surface area contributed by atoms with Gasteiger partial charge < -0.3 is 5.11 Å². The van der Waals surface area contributed by atoms with Crippen molar-refractivity contribution in [3.8, 4) is 0 Å². The lowest BCUT2D eigenvalue weighted by molar-refractivity contribution is -0.142. The molecule has 1 aromatic heterocycles. The van der Waals surface area contributed by atoms with E-state index in [1.807, 2.05) is 0 Å². The number of aliphatic carboxylic acids is 1. The molecule has 0 spiro atoms. The number of hydrogen-bond donors (Lipinski definition) is 1. The van der Waals surface area contributed by atoms with Gasteiger partial charge in [-0.2, -0.15) is 9.40 Å². The number of sulfonamides is 1. The Labute approximate surface area is 105 Å². The number of rotatable bonds is 3. The largest absolute Gasteiger partial charge is 0.481 e. The molecule has 1 saturated heterocycles. The minimum Gasteiger partial charge on any atom is -0.481 e. The van der Waals surface area contributed by atoms with Crippen molar-refractivity contribution in [3.05, 3.63) is 12.4 Å². The third-order valence-electron chi connectivity index (χ3n) is 3.12. The summed E-state index contributed by atoms with van der Waals surface area (Å²) < 4.78 is 27.2. The fourth-order valence-electron chi connectivity index (χ4n) is 2.02. The Kier molecular flexibility index (Phi) is 3.40. The number of nitrogens with zero attached hydrogens (tertiary/aromatic N) is 3. The zero-order valence-electron chi connectivity index (χ0n) is 9.98. The summed E-state index contributed by atoms with van der Waals surface area (Å²) in [6.45, 7) is 0.488. The Hall–Kier alpha value is -1.41. The first kappa shape index (κ1) is 13.0. The third-order valence-corrected chi connectivity index (χ3v) is 4.97. The molecular formula is C10H15N3O4S. The quantitative estimate of drug-likeness (QED) is 0.830. The first-order valence-corrected chi connectivity index (χ1v) is 7.07. The molecule has 0 radical (unpaired) electrons. The van der Waals surface area contributed by atoms with Crippen LogP contribution in [0.25, 0.3) is 0 Å². The van der Waals surface area contributed by atoms with Gasteiger partial charge in [-0.15, -0.1) is 0 Å². The Morgan fingerprint density at radius 3 is 2.50 bits per heavy atom. The molecule has 1 fully saturated rings. The number of aryl methyl sites for hydroxylation is 1. The van der Waals surface area contributed by atoms with Crippen molar-refractivity contribution < 1.29 is 18.3 Å². The van der Waals surface area contributed by atoms with Gasteiger partial charge in [0.25, 0.3) is 0 Å². The molecule has 2 rings (SSSR count). The van der Waals surface area contributed by atoms with Crippen molar-refractivity contribution in [2.75, 3.05) is 13.1 Å². The second-order valence-electron chi connectivity index (χ2n) is 4.37. The number of piperidine rings is 1. The molecule has 0 atom stereocenters. The van der Waals surface area contributed by atoms with Crippen molar-refractivity contribution in [2.24, 2.45) is 13.0 Å². The van der Waals surface area contributed by atoms with Crippen molar-refractivity contribution in [3.63, 3.8) is 0 Å². The number of aromatic nitrogens is 2. The molecule has 1 N–H and O–H groups in total. The maximum atomic E-state index is 12.2. The lowest BCUT2D eigenvalue weighted by Gasteiger charge is -2.28. The molecule has 7 nitrogen and oxygen atoms in total. The van der Waals surface area contributed by atoms with E-state index in [1.165, 1.54) is 21.4 Å². The molecule has 0 aromatic carbocycles. The van der Waals surface area contributed by atoms with Gasteiger partial charge in [0, 0.05) is 26.3 Å². The number of carboxylic acid groups (broad SMARTS) is 1. The molecule has 100 valence electrons. The summed E-state index contributed by atoms with van der Waals surface area (Å²) in [6.07, 6.45) is 3.46. The van der Waals surface area contributed by atoms with E-state index in [4.69, 9.17) is 5.11 Å². The van der Waals surface area contributed by atoms with Crippen LogP contribution in [0.3, 0.4) is 0 Å². The van der Waals surface area contributed by atoms with Gasteiger partial charge in [-0.1, -0.05) is 0 Å². The fraction of sp³-hybridized carbons (Fsp3) is 0.600. The van der Waals surface area contributed by atoms with Crippen molar-refractivity contribution >= 4 is 16.0 Å². The van der Waals surface area contributed by atoms with Gasteiger partial charge in [-0.25, -0.2) is 8.42 Å². The van der Waals surface area contributed by atoms with Crippen LogP contribution in [0.2, 0.25) is 0 Å². The molecule has 1 aliphatic rings. The minimum atomic E-state index is -3.53. The lowest BCUT2D eigenvalue weighted by atomic mass is 9.99. The first-order valence-electron chi connectivity index (χ1n) is 5.63. The number of hydrogen-bond acceptors (Lipinski definition) is 4. The normalized spacial score (nSPS) is 18.9. The second kappa shape index (κ2) is 4.69. The highest BCUT2D eigenvalue weighted by molar-refractivity contribution is 7.89. The van der Waals surface area contributed by atoms with Crippen LogP contribution < -0.4 is 0 Å². The van der Waals surface area contributed by atoms with E-state index in [9.17, 15) is 13.2 Å². The maximum absolute atomic E-state index is 12.2. The topological polar surface area (TPSA) is 92.5 Å². The van der Waals surface area contributed by atoms with E-state index in [0.29, 0.717) is 12.8 Å². The monoisotopic (exact) mass is 273 g/mol. The molecule has 1 aromatic rings. The Balaban J connectivity index is 2.12. The van der Waals surface area contributed by atoms with Crippen LogP contribution in [0.15, 0.2) is 17.3 Å². The number of carbonyl (C=O) groups is 1. The van der Waals surface area contributed by atoms with Crippen LogP contribution in [-0.2, 0) is 21.9 Å². The summed E-state index contributed by atoms with van der Waals surface area (Å²) in [6, 6.07) is 0. The highest BCUT2D eigenvalue weighted by atomic mass is 32.2. The Morgan fingerprint density at radius 2 is 2.06 bits per heavy atom. The molecule has 0 unspecified atom stereocenters. The van der Waals surface area contributed by atoms with Crippen LogP contribution in [-0.4, -0.2) is 46.7 Å². The van der Waals surface area contributed by atoms with Gasteiger partial charge >= 0.3 is 5.97 Å². The Bertz CT molecular complexity index is 543. The van der Waals surface area contributed by atoms with E-state index in [-0.39, 0.29) is 18.0 Å². The molecular weight excluding hydrogens is 258 g/mol. The van der Waals surface area contributed by atoms with E-state index >= 15 is 0 Å². The van der Waals surface area contributed by atoms with Gasteiger partial charge in [0.2, 0.25) is 10.0 Å². The predicted octanol–water partition coefficient (Wildman–Crippen LogP) is -0.0946. The number of carboxylic acids is 1. The average Bonchev–Trinajstić information content (AvgIpc) is 2.76. The molecule has 0 aliphatic carbocycles. The molecule has 0 amide bonds. The molecule has 0 saturated carbocycles. The van der Waals surface area contributed by atoms with Crippen LogP contribution in [0.5, 0.6) is 0 Å². The minimum absolute atomic E-state index is 0.152. The standard InChI is InChI=1S/C10H15N3O4S/c1-12-7-9(6-11-12)18(16,17)13-4-2-8(3-5-13)10(14)15/h6-8H,2-5H2,1H3,(H,14,15). The SMILES string of the molecule is Cn1cc(S(=O)(=O)N2CCC(C(=O)O)CC2)cn1. The van der Waals surface area contributed by atoms with Crippen LogP contribution in [0.4, 0.5) is 0 Å². The highest BCUT2D eigenvalue weighted by Gasteiger charge is 2.32. The molecule has 18 heavy (non-hydrogen) atoms. The molecule has 8 heteroatoms. The highest BCUT2D eigenvalue weighted by Crippen LogP contribution is 2.23. The van der Waals surface area contributed by atoms with Gasteiger partial charge in [0.15, 0.2) is 0 Å². The smallest absolute Gasteiger partial charge is 0.306 e. The van der Waals surface area contributed by atoms with E-state index in [2.05, 4.69) is 5.10 Å².